The zero-order valence-electron chi connectivity index (χ0n) is 1.94. The molecule has 0 saturated heterocycles. The first-order chi connectivity index (χ1) is 1.00. The molecule has 0 nitrogen and oxygen atoms in total. The first kappa shape index (κ1) is 16.5. The van der Waals surface area contributed by atoms with Gasteiger partial charge in [-0.15, -0.1) is 0 Å². The van der Waals surface area contributed by atoms with Crippen LogP contribution in [0.15, 0.2) is 0 Å². The molecule has 4 heavy (non-hydrogen) atoms. The summed E-state index contributed by atoms with van der Waals surface area (Å²) in [6, 6.07) is 0. The van der Waals surface area contributed by atoms with Gasteiger partial charge in [-0.3, -0.25) is 0 Å². The van der Waals surface area contributed by atoms with Crippen molar-refractivity contribution in [2.45, 2.75) is 0 Å². The number of hydrogen-bond acceptors (Lipinski definition) is 0. The van der Waals surface area contributed by atoms with E-state index in [0.29, 0.717) is 0 Å². The predicted octanol–water partition coefficient (Wildman–Crippen LogP) is 0.318. The summed E-state index contributed by atoms with van der Waals surface area (Å²) in [5.41, 5.74) is 0. The molecule has 1 atom stereocenters. The second-order valence-electron chi connectivity index (χ2n) is 0. The van der Waals surface area contributed by atoms with Gasteiger partial charge in [0.25, 0.3) is 0 Å². The second-order valence-corrected chi connectivity index (χ2v) is 0. The minimum atomic E-state index is 0. The Balaban J connectivity index is -0.00000000500. The van der Waals surface area contributed by atoms with E-state index in [4.69, 9.17) is 0 Å². The molecule has 28 valence electrons. The van der Waals surface area contributed by atoms with Crippen molar-refractivity contribution in [3.05, 3.63) is 0 Å². The topological polar surface area (TPSA) is 0 Å². The van der Waals surface area contributed by atoms with Crippen molar-refractivity contribution in [1.29, 1.82) is 0 Å². The van der Waals surface area contributed by atoms with Gasteiger partial charge in [0.15, 0.2) is 0 Å². The van der Waals surface area contributed by atoms with E-state index in [1.807, 2.05) is 0 Å². The van der Waals surface area contributed by atoms with E-state index in [-0.39, 0.29) is 34.1 Å². The van der Waals surface area contributed by atoms with E-state index in [9.17, 15) is 0 Å². The fraction of sp³-hybridized carbons (Fsp3) is 0. The van der Waals surface area contributed by atoms with E-state index in [1.54, 1.807) is 0 Å². The van der Waals surface area contributed by atoms with E-state index in [1.165, 1.54) is 17.8 Å². The molecule has 0 saturated carbocycles. The fourth-order valence-corrected chi connectivity index (χ4v) is 0. The maximum atomic E-state index is 2.54. The van der Waals surface area contributed by atoms with Crippen molar-refractivity contribution in [2.24, 2.45) is 0 Å². The Bertz CT molecular complexity index is 8.00. The molecular weight excluding hydrogens is 216 g/mol. The van der Waals surface area contributed by atoms with Crippen LogP contribution in [0, 0.1) is 0 Å². The Hall–Kier alpha value is 2.09. The molecular formula is H2CuFePZn. The van der Waals surface area contributed by atoms with Gasteiger partial charge in [0.05, 0.1) is 0 Å². The fourth-order valence-electron chi connectivity index (χ4n) is 0. The quantitative estimate of drug-likeness (QED) is 0.405. The molecule has 4 heteroatoms. The van der Waals surface area contributed by atoms with Crippen molar-refractivity contribution in [1.82, 2.24) is 0 Å². The average molecular weight is 218 g/mol. The summed E-state index contributed by atoms with van der Waals surface area (Å²) in [4.78, 5) is 0. The van der Waals surface area contributed by atoms with Gasteiger partial charge >= 0.3 is 25.4 Å². The van der Waals surface area contributed by atoms with Crippen LogP contribution >= 0.6 is 7.57 Å². The number of rotatable bonds is 0. The summed E-state index contributed by atoms with van der Waals surface area (Å²) in [5.74, 6) is 0. The Kier molecular flexibility index (Phi) is 80.5. The first-order valence-electron chi connectivity index (χ1n) is 0.408. The van der Waals surface area contributed by atoms with Crippen LogP contribution in [0.25, 0.3) is 0 Å². The summed E-state index contributed by atoms with van der Waals surface area (Å²) >= 11 is 1.29. The second kappa shape index (κ2) is 19.5. The van der Waals surface area contributed by atoms with Gasteiger partial charge in [-0.2, -0.15) is 0 Å². The van der Waals surface area contributed by atoms with Crippen LogP contribution in [-0.2, 0) is 52.0 Å². The molecule has 0 heterocycles. The molecule has 0 rings (SSSR count). The molecule has 0 N–H and O–H groups in total. The molecule has 0 bridgehead atoms. The van der Waals surface area contributed by atoms with Crippen LogP contribution in [0.1, 0.15) is 0 Å². The monoisotopic (exact) mass is 216 g/mol. The SMILES string of the molecule is [Cu].[Fe].[PH2][Zn]. The van der Waals surface area contributed by atoms with E-state index >= 15 is 0 Å². The van der Waals surface area contributed by atoms with Crippen molar-refractivity contribution >= 4 is 7.57 Å². The van der Waals surface area contributed by atoms with Crippen LogP contribution in [0.5, 0.6) is 0 Å². The van der Waals surface area contributed by atoms with Gasteiger partial charge in [0.2, 0.25) is 0 Å². The molecule has 0 aliphatic heterocycles. The maximum absolute atomic E-state index is 2.54. The standard InChI is InChI=1S/Cu.Fe.H2P.Zn/h;;1H2;/q;;-1;+1. The van der Waals surface area contributed by atoms with Crippen molar-refractivity contribution in [3.8, 4) is 0 Å². The molecule has 0 aromatic heterocycles. The van der Waals surface area contributed by atoms with Crippen molar-refractivity contribution < 1.29 is 52.0 Å². The molecule has 1 unspecified atom stereocenters. The van der Waals surface area contributed by atoms with Crippen LogP contribution in [0.4, 0.5) is 0 Å². The normalized spacial score (nSPS) is 1.75. The third-order valence-corrected chi connectivity index (χ3v) is 0. The van der Waals surface area contributed by atoms with Crippen molar-refractivity contribution in [3.63, 3.8) is 0 Å². The molecule has 0 aromatic carbocycles. The summed E-state index contributed by atoms with van der Waals surface area (Å²) in [5, 5.41) is 0. The summed E-state index contributed by atoms with van der Waals surface area (Å²) < 4.78 is 0. The van der Waals surface area contributed by atoms with Gasteiger partial charge in [0.1, 0.15) is 0 Å². The summed E-state index contributed by atoms with van der Waals surface area (Å²) in [7, 11) is 2.54. The Labute approximate surface area is 59.2 Å². The Morgan fingerprint density at radius 3 is 1.25 bits per heavy atom. The average Bonchev–Trinajstić information content (AvgIpc) is 1.00. The molecule has 1 radical (unpaired) electrons. The predicted molar refractivity (Wildman–Crippen MR) is 9.71 cm³/mol. The van der Waals surface area contributed by atoms with Crippen LogP contribution < -0.4 is 0 Å². The third-order valence-electron chi connectivity index (χ3n) is 0. The molecule has 0 aromatic rings. The number of hydrogen-bond donors (Lipinski definition) is 0. The summed E-state index contributed by atoms with van der Waals surface area (Å²) in [6.07, 6.45) is 0. The van der Waals surface area contributed by atoms with Gasteiger partial charge in [-0.25, -0.2) is 0 Å². The Morgan fingerprint density at radius 1 is 1.25 bits per heavy atom. The Morgan fingerprint density at radius 2 is 1.25 bits per heavy atom. The molecule has 0 fully saturated rings. The minimum absolute atomic E-state index is 0. The molecule has 0 spiro atoms. The summed E-state index contributed by atoms with van der Waals surface area (Å²) in [6.45, 7) is 0. The zero-order chi connectivity index (χ0) is 2.00. The van der Waals surface area contributed by atoms with E-state index < -0.39 is 0 Å². The van der Waals surface area contributed by atoms with Crippen LogP contribution in [0.2, 0.25) is 0 Å². The van der Waals surface area contributed by atoms with Gasteiger partial charge < -0.3 is 0 Å². The van der Waals surface area contributed by atoms with Gasteiger partial charge in [-0.05, 0) is 0 Å². The van der Waals surface area contributed by atoms with Crippen LogP contribution in [0.3, 0.4) is 0 Å². The third kappa shape index (κ3) is 8.94. The van der Waals surface area contributed by atoms with Crippen molar-refractivity contribution in [2.75, 3.05) is 0 Å². The molecule has 0 aliphatic rings. The first-order valence-corrected chi connectivity index (χ1v) is 6.36. The zero-order valence-corrected chi connectivity index (χ0v) is 8.11. The van der Waals surface area contributed by atoms with Gasteiger partial charge in [-0.1, -0.05) is 0 Å². The van der Waals surface area contributed by atoms with Gasteiger partial charge in [0, 0.05) is 34.1 Å². The van der Waals surface area contributed by atoms with E-state index in [2.05, 4.69) is 7.57 Å². The molecule has 0 amide bonds. The van der Waals surface area contributed by atoms with E-state index in [0.717, 1.165) is 0 Å². The van der Waals surface area contributed by atoms with Crippen LogP contribution in [-0.4, -0.2) is 0 Å². The molecule has 0 aliphatic carbocycles.